The molecule has 27 heavy (non-hydrogen) atoms. The molecule has 0 atom stereocenters. The minimum Gasteiger partial charge on any atom is -0.484 e. The van der Waals surface area contributed by atoms with Crippen LogP contribution in [0.3, 0.4) is 0 Å². The van der Waals surface area contributed by atoms with E-state index in [9.17, 15) is 9.18 Å². The van der Waals surface area contributed by atoms with E-state index in [-0.39, 0.29) is 18.0 Å². The van der Waals surface area contributed by atoms with Crippen LogP contribution < -0.4 is 10.3 Å². The minimum atomic E-state index is -0.333. The van der Waals surface area contributed by atoms with Gasteiger partial charge in [-0.3, -0.25) is 4.79 Å². The van der Waals surface area contributed by atoms with E-state index in [1.807, 2.05) is 0 Å². The first kappa shape index (κ1) is 16.9. The first-order chi connectivity index (χ1) is 13.0. The van der Waals surface area contributed by atoms with Gasteiger partial charge in [-0.15, -0.1) is 0 Å². The smallest absolute Gasteiger partial charge is 0.272 e. The fraction of sp³-hybridized carbons (Fsp3) is 0.158. The highest BCUT2D eigenvalue weighted by atomic mass is 19.1. The van der Waals surface area contributed by atoms with Gasteiger partial charge in [0, 0.05) is 12.6 Å². The van der Waals surface area contributed by atoms with Gasteiger partial charge in [0.05, 0.1) is 11.0 Å². The van der Waals surface area contributed by atoms with Crippen molar-refractivity contribution in [2.45, 2.75) is 13.5 Å². The third-order valence-electron chi connectivity index (χ3n) is 4.14. The number of halogens is 1. The van der Waals surface area contributed by atoms with Gasteiger partial charge in [0.2, 0.25) is 5.82 Å². The normalized spacial score (nSPS) is 11.1. The SMILES string of the molecule is Cc1nc2cc(-c3noc(COc4ccc(F)cc4)n3)ccc2n(C)c1=O. The Balaban J connectivity index is 1.58. The summed E-state index contributed by atoms with van der Waals surface area (Å²) in [4.78, 5) is 20.6. The molecule has 2 heterocycles. The van der Waals surface area contributed by atoms with E-state index in [0.29, 0.717) is 34.2 Å². The Kier molecular flexibility index (Phi) is 4.15. The maximum Gasteiger partial charge on any atom is 0.272 e. The number of benzene rings is 2. The Morgan fingerprint density at radius 3 is 2.70 bits per heavy atom. The topological polar surface area (TPSA) is 83.0 Å². The van der Waals surface area contributed by atoms with Gasteiger partial charge < -0.3 is 13.8 Å². The van der Waals surface area contributed by atoms with E-state index in [2.05, 4.69) is 15.1 Å². The van der Waals surface area contributed by atoms with Crippen LogP contribution in [0.1, 0.15) is 11.6 Å². The summed E-state index contributed by atoms with van der Waals surface area (Å²) in [5, 5.41) is 3.96. The number of hydrogen-bond acceptors (Lipinski definition) is 6. The summed E-state index contributed by atoms with van der Waals surface area (Å²) in [6.07, 6.45) is 0. The molecule has 4 aromatic rings. The van der Waals surface area contributed by atoms with Crippen molar-refractivity contribution in [2.75, 3.05) is 0 Å². The average Bonchev–Trinajstić information content (AvgIpc) is 3.14. The van der Waals surface area contributed by atoms with Gasteiger partial charge in [0.15, 0.2) is 6.61 Å². The number of fused-ring (bicyclic) bond motifs is 1. The Bertz CT molecular complexity index is 1180. The van der Waals surface area contributed by atoms with E-state index < -0.39 is 0 Å². The molecule has 0 N–H and O–H groups in total. The summed E-state index contributed by atoms with van der Waals surface area (Å²) in [5.74, 6) is 0.851. The summed E-state index contributed by atoms with van der Waals surface area (Å²) >= 11 is 0. The summed E-state index contributed by atoms with van der Waals surface area (Å²) in [6.45, 7) is 1.74. The molecule has 0 aliphatic rings. The summed E-state index contributed by atoms with van der Waals surface area (Å²) < 4.78 is 25.2. The van der Waals surface area contributed by atoms with Crippen LogP contribution in [0.2, 0.25) is 0 Å². The Hall–Kier alpha value is -3.55. The molecule has 2 aromatic carbocycles. The molecule has 0 spiro atoms. The fourth-order valence-corrected chi connectivity index (χ4v) is 2.72. The monoisotopic (exact) mass is 366 g/mol. The van der Waals surface area contributed by atoms with Gasteiger partial charge in [0.25, 0.3) is 11.4 Å². The zero-order valence-electron chi connectivity index (χ0n) is 14.6. The van der Waals surface area contributed by atoms with Crippen LogP contribution in [0.25, 0.3) is 22.4 Å². The van der Waals surface area contributed by atoms with Gasteiger partial charge >= 0.3 is 0 Å². The van der Waals surface area contributed by atoms with Crippen LogP contribution in [0.4, 0.5) is 4.39 Å². The predicted molar refractivity (Wildman–Crippen MR) is 95.7 cm³/mol. The maximum absolute atomic E-state index is 12.9. The van der Waals surface area contributed by atoms with Crippen LogP contribution in [0, 0.1) is 12.7 Å². The number of aryl methyl sites for hydroxylation is 2. The number of aromatic nitrogens is 4. The van der Waals surface area contributed by atoms with Crippen molar-refractivity contribution in [1.82, 2.24) is 19.7 Å². The second kappa shape index (κ2) is 6.64. The third-order valence-corrected chi connectivity index (χ3v) is 4.14. The zero-order valence-corrected chi connectivity index (χ0v) is 14.6. The lowest BCUT2D eigenvalue weighted by Crippen LogP contribution is -2.21. The maximum atomic E-state index is 12.9. The van der Waals surface area contributed by atoms with Gasteiger partial charge in [0.1, 0.15) is 17.3 Å². The number of hydrogen-bond donors (Lipinski definition) is 0. The van der Waals surface area contributed by atoms with E-state index in [1.165, 1.54) is 24.3 Å². The summed E-state index contributed by atoms with van der Waals surface area (Å²) in [7, 11) is 1.71. The lowest BCUT2D eigenvalue weighted by Gasteiger charge is -2.06. The van der Waals surface area contributed by atoms with Crippen LogP contribution in [-0.2, 0) is 13.7 Å². The van der Waals surface area contributed by atoms with Gasteiger partial charge in [-0.25, -0.2) is 9.37 Å². The summed E-state index contributed by atoms with van der Waals surface area (Å²) in [5.41, 5.74) is 2.39. The van der Waals surface area contributed by atoms with Gasteiger partial charge in [-0.2, -0.15) is 4.98 Å². The molecule has 0 bridgehead atoms. The highest BCUT2D eigenvalue weighted by molar-refractivity contribution is 5.80. The molecule has 2 aromatic heterocycles. The number of rotatable bonds is 4. The molecule has 0 aliphatic heterocycles. The van der Waals surface area contributed by atoms with Crippen LogP contribution >= 0.6 is 0 Å². The standard InChI is InChI=1S/C19H15FN4O3/c1-11-19(25)24(2)16-8-3-12(9-15(16)21-11)18-22-17(27-23-18)10-26-14-6-4-13(20)5-7-14/h3-9H,10H2,1-2H3. The molecular formula is C19H15FN4O3. The van der Waals surface area contributed by atoms with Crippen LogP contribution in [-0.4, -0.2) is 19.7 Å². The molecule has 0 radical (unpaired) electrons. The molecule has 0 unspecified atom stereocenters. The van der Waals surface area contributed by atoms with Gasteiger partial charge in [-0.05, 0) is 49.4 Å². The fourth-order valence-electron chi connectivity index (χ4n) is 2.72. The van der Waals surface area contributed by atoms with E-state index >= 15 is 0 Å². The first-order valence-electron chi connectivity index (χ1n) is 8.20. The van der Waals surface area contributed by atoms with Crippen molar-refractivity contribution < 1.29 is 13.7 Å². The zero-order chi connectivity index (χ0) is 19.0. The second-order valence-electron chi connectivity index (χ2n) is 6.02. The minimum absolute atomic E-state index is 0.0675. The molecule has 7 nitrogen and oxygen atoms in total. The quantitative estimate of drug-likeness (QED) is 0.552. The highest BCUT2D eigenvalue weighted by Crippen LogP contribution is 2.21. The van der Waals surface area contributed by atoms with E-state index in [0.717, 1.165) is 5.52 Å². The Labute approximate surface area is 153 Å². The second-order valence-corrected chi connectivity index (χ2v) is 6.02. The van der Waals surface area contributed by atoms with Crippen molar-refractivity contribution in [3.05, 3.63) is 70.2 Å². The largest absolute Gasteiger partial charge is 0.484 e. The van der Waals surface area contributed by atoms with Crippen molar-refractivity contribution in [3.63, 3.8) is 0 Å². The molecule has 0 saturated heterocycles. The molecule has 0 saturated carbocycles. The van der Waals surface area contributed by atoms with E-state index in [1.54, 1.807) is 36.7 Å². The molecule has 0 fully saturated rings. The lowest BCUT2D eigenvalue weighted by molar-refractivity contribution is 0.242. The molecule has 4 rings (SSSR count). The Morgan fingerprint density at radius 2 is 1.93 bits per heavy atom. The molecule has 136 valence electrons. The van der Waals surface area contributed by atoms with Gasteiger partial charge in [-0.1, -0.05) is 5.16 Å². The number of ether oxygens (including phenoxy) is 1. The molecular weight excluding hydrogens is 351 g/mol. The molecule has 0 aliphatic carbocycles. The first-order valence-corrected chi connectivity index (χ1v) is 8.20. The predicted octanol–water partition coefficient (Wildman–Crippen LogP) is 3.01. The summed E-state index contributed by atoms with van der Waals surface area (Å²) in [6, 6.07) is 11.1. The molecule has 0 amide bonds. The van der Waals surface area contributed by atoms with E-state index in [4.69, 9.17) is 9.26 Å². The van der Waals surface area contributed by atoms with Crippen LogP contribution in [0.15, 0.2) is 51.8 Å². The third kappa shape index (κ3) is 3.29. The van der Waals surface area contributed by atoms with Crippen molar-refractivity contribution >= 4 is 11.0 Å². The van der Waals surface area contributed by atoms with Crippen LogP contribution in [0.5, 0.6) is 5.75 Å². The number of nitrogens with zero attached hydrogens (tertiary/aromatic N) is 4. The van der Waals surface area contributed by atoms with Crippen molar-refractivity contribution in [1.29, 1.82) is 0 Å². The molecule has 8 heteroatoms. The Morgan fingerprint density at radius 1 is 1.15 bits per heavy atom. The van der Waals surface area contributed by atoms with Crippen molar-refractivity contribution in [3.8, 4) is 17.1 Å². The average molecular weight is 366 g/mol. The van der Waals surface area contributed by atoms with Crippen molar-refractivity contribution in [2.24, 2.45) is 7.05 Å². The highest BCUT2D eigenvalue weighted by Gasteiger charge is 2.12. The lowest BCUT2D eigenvalue weighted by atomic mass is 10.1.